The van der Waals surface area contributed by atoms with Gasteiger partial charge in [0.05, 0.1) is 26.2 Å². The smallest absolute Gasteiger partial charge is 0.226 e. The van der Waals surface area contributed by atoms with Crippen molar-refractivity contribution in [2.24, 2.45) is 5.73 Å². The van der Waals surface area contributed by atoms with Crippen LogP contribution >= 0.6 is 0 Å². The summed E-state index contributed by atoms with van der Waals surface area (Å²) in [6.07, 6.45) is 2.49. The molecule has 1 fully saturated rings. The van der Waals surface area contributed by atoms with Crippen molar-refractivity contribution >= 4 is 5.91 Å². The molecule has 1 saturated heterocycles. The fourth-order valence-electron chi connectivity index (χ4n) is 2.54. The van der Waals surface area contributed by atoms with E-state index in [0.717, 1.165) is 37.2 Å². The highest BCUT2D eigenvalue weighted by atomic mass is 16.5. The molecule has 1 amide bonds. The Hall–Kier alpha value is -1.59. The van der Waals surface area contributed by atoms with Crippen molar-refractivity contribution in [2.75, 3.05) is 33.4 Å². The largest absolute Gasteiger partial charge is 0.497 e. The second-order valence-electron chi connectivity index (χ2n) is 5.26. The molecular weight excluding hydrogens is 268 g/mol. The molecule has 0 spiro atoms. The first kappa shape index (κ1) is 15.8. The minimum Gasteiger partial charge on any atom is -0.497 e. The first-order valence-electron chi connectivity index (χ1n) is 7.45. The number of methoxy groups -OCH3 is 1. The standard InChI is InChI=1S/C16H24N2O3/c1-20-14-4-2-13(3-5-14)12-16(19)18-9-6-15(7-10-18)21-11-8-17/h2-5,15H,6-12,17H2,1H3. The number of carbonyl (C=O) groups is 1. The van der Waals surface area contributed by atoms with Crippen LogP contribution in [0.4, 0.5) is 0 Å². The van der Waals surface area contributed by atoms with Gasteiger partial charge in [-0.25, -0.2) is 0 Å². The molecule has 21 heavy (non-hydrogen) atoms. The Morgan fingerprint density at radius 2 is 1.95 bits per heavy atom. The van der Waals surface area contributed by atoms with Gasteiger partial charge < -0.3 is 20.1 Å². The summed E-state index contributed by atoms with van der Waals surface area (Å²) in [5.74, 6) is 0.988. The van der Waals surface area contributed by atoms with E-state index in [1.165, 1.54) is 0 Å². The van der Waals surface area contributed by atoms with Crippen molar-refractivity contribution in [3.05, 3.63) is 29.8 Å². The summed E-state index contributed by atoms with van der Waals surface area (Å²) in [6, 6.07) is 7.65. The van der Waals surface area contributed by atoms with E-state index in [0.29, 0.717) is 19.6 Å². The van der Waals surface area contributed by atoms with E-state index >= 15 is 0 Å². The molecule has 1 heterocycles. The second kappa shape index (κ2) is 8.00. The third-order valence-electron chi connectivity index (χ3n) is 3.78. The molecule has 1 aliphatic heterocycles. The second-order valence-corrected chi connectivity index (χ2v) is 5.26. The number of piperidine rings is 1. The predicted molar refractivity (Wildman–Crippen MR) is 81.3 cm³/mol. The normalized spacial score (nSPS) is 16.0. The highest BCUT2D eigenvalue weighted by Crippen LogP contribution is 2.16. The molecule has 0 unspecified atom stereocenters. The lowest BCUT2D eigenvalue weighted by Gasteiger charge is -2.32. The molecule has 5 heteroatoms. The average Bonchev–Trinajstić information content (AvgIpc) is 2.54. The first-order valence-corrected chi connectivity index (χ1v) is 7.45. The molecule has 2 rings (SSSR count). The Kier molecular flexibility index (Phi) is 6.02. The van der Waals surface area contributed by atoms with Crippen molar-refractivity contribution in [1.29, 1.82) is 0 Å². The number of benzene rings is 1. The van der Waals surface area contributed by atoms with Gasteiger partial charge in [-0.1, -0.05) is 12.1 Å². The number of ether oxygens (including phenoxy) is 2. The molecule has 0 aromatic heterocycles. The first-order chi connectivity index (χ1) is 10.2. The van der Waals surface area contributed by atoms with Crippen LogP contribution in [0.5, 0.6) is 5.75 Å². The summed E-state index contributed by atoms with van der Waals surface area (Å²) in [6.45, 7) is 2.69. The predicted octanol–water partition coefficient (Wildman–Crippen LogP) is 1.20. The van der Waals surface area contributed by atoms with Crippen LogP contribution in [-0.2, 0) is 16.0 Å². The fraction of sp³-hybridized carbons (Fsp3) is 0.562. The summed E-state index contributed by atoms with van der Waals surface area (Å²) < 4.78 is 10.7. The lowest BCUT2D eigenvalue weighted by Crippen LogP contribution is -2.41. The maximum absolute atomic E-state index is 12.3. The Balaban J connectivity index is 1.78. The van der Waals surface area contributed by atoms with Crippen LogP contribution in [0.15, 0.2) is 24.3 Å². The van der Waals surface area contributed by atoms with Gasteiger partial charge in [-0.3, -0.25) is 4.79 Å². The summed E-state index contributed by atoms with van der Waals surface area (Å²) in [5.41, 5.74) is 6.45. The summed E-state index contributed by atoms with van der Waals surface area (Å²) >= 11 is 0. The zero-order chi connectivity index (χ0) is 15.1. The number of amides is 1. The molecule has 116 valence electrons. The molecule has 0 saturated carbocycles. The molecule has 1 aromatic carbocycles. The highest BCUT2D eigenvalue weighted by Gasteiger charge is 2.22. The number of carbonyl (C=O) groups excluding carboxylic acids is 1. The van der Waals surface area contributed by atoms with Gasteiger partial charge >= 0.3 is 0 Å². The van der Waals surface area contributed by atoms with E-state index in [9.17, 15) is 4.79 Å². The zero-order valence-electron chi connectivity index (χ0n) is 12.6. The molecule has 1 aromatic rings. The van der Waals surface area contributed by atoms with Gasteiger partial charge in [-0.15, -0.1) is 0 Å². The van der Waals surface area contributed by atoms with Crippen LogP contribution < -0.4 is 10.5 Å². The van der Waals surface area contributed by atoms with Crippen LogP contribution in [-0.4, -0.2) is 50.3 Å². The summed E-state index contributed by atoms with van der Waals surface area (Å²) in [7, 11) is 1.64. The topological polar surface area (TPSA) is 64.8 Å². The van der Waals surface area contributed by atoms with Crippen molar-refractivity contribution in [3.63, 3.8) is 0 Å². The highest BCUT2D eigenvalue weighted by molar-refractivity contribution is 5.78. The molecule has 0 aliphatic carbocycles. The molecule has 0 atom stereocenters. The maximum atomic E-state index is 12.3. The van der Waals surface area contributed by atoms with Crippen molar-refractivity contribution in [2.45, 2.75) is 25.4 Å². The summed E-state index contributed by atoms with van der Waals surface area (Å²) in [5, 5.41) is 0. The number of nitrogens with zero attached hydrogens (tertiary/aromatic N) is 1. The Labute approximate surface area is 126 Å². The van der Waals surface area contributed by atoms with Crippen LogP contribution in [0, 0.1) is 0 Å². The third kappa shape index (κ3) is 4.72. The number of rotatable bonds is 6. The van der Waals surface area contributed by atoms with E-state index in [1.807, 2.05) is 29.2 Å². The van der Waals surface area contributed by atoms with Gasteiger partial charge in [0.15, 0.2) is 0 Å². The SMILES string of the molecule is COc1ccc(CC(=O)N2CCC(OCCN)CC2)cc1. The molecule has 1 aliphatic rings. The van der Waals surface area contributed by atoms with Crippen LogP contribution in [0.3, 0.4) is 0 Å². The number of hydrogen-bond donors (Lipinski definition) is 1. The van der Waals surface area contributed by atoms with Crippen molar-refractivity contribution < 1.29 is 14.3 Å². The lowest BCUT2D eigenvalue weighted by molar-refractivity contribution is -0.133. The minimum atomic E-state index is 0.178. The number of hydrogen-bond acceptors (Lipinski definition) is 4. The quantitative estimate of drug-likeness (QED) is 0.856. The van der Waals surface area contributed by atoms with E-state index in [4.69, 9.17) is 15.2 Å². The van der Waals surface area contributed by atoms with Crippen LogP contribution in [0.25, 0.3) is 0 Å². The molecule has 0 radical (unpaired) electrons. The molecule has 5 nitrogen and oxygen atoms in total. The van der Waals surface area contributed by atoms with Crippen LogP contribution in [0.1, 0.15) is 18.4 Å². The van der Waals surface area contributed by atoms with Gasteiger partial charge in [-0.05, 0) is 30.5 Å². The minimum absolute atomic E-state index is 0.178. The van der Waals surface area contributed by atoms with E-state index in [1.54, 1.807) is 7.11 Å². The summed E-state index contributed by atoms with van der Waals surface area (Å²) in [4.78, 5) is 14.2. The van der Waals surface area contributed by atoms with E-state index in [2.05, 4.69) is 0 Å². The Bertz CT molecular complexity index is 439. The van der Waals surface area contributed by atoms with Gasteiger partial charge in [-0.2, -0.15) is 0 Å². The third-order valence-corrected chi connectivity index (χ3v) is 3.78. The monoisotopic (exact) mass is 292 g/mol. The number of likely N-dealkylation sites (tertiary alicyclic amines) is 1. The zero-order valence-corrected chi connectivity index (χ0v) is 12.6. The maximum Gasteiger partial charge on any atom is 0.226 e. The molecule has 0 bridgehead atoms. The average molecular weight is 292 g/mol. The van der Waals surface area contributed by atoms with Gasteiger partial charge in [0.2, 0.25) is 5.91 Å². The van der Waals surface area contributed by atoms with Gasteiger partial charge in [0, 0.05) is 19.6 Å². The molecule has 2 N–H and O–H groups in total. The number of nitrogens with two attached hydrogens (primary N) is 1. The Morgan fingerprint density at radius 3 is 2.52 bits per heavy atom. The van der Waals surface area contributed by atoms with Gasteiger partial charge in [0.25, 0.3) is 0 Å². The van der Waals surface area contributed by atoms with Crippen LogP contribution in [0.2, 0.25) is 0 Å². The fourth-order valence-corrected chi connectivity index (χ4v) is 2.54. The van der Waals surface area contributed by atoms with E-state index in [-0.39, 0.29) is 12.0 Å². The Morgan fingerprint density at radius 1 is 1.29 bits per heavy atom. The lowest BCUT2D eigenvalue weighted by atomic mass is 10.1. The van der Waals surface area contributed by atoms with Crippen molar-refractivity contribution in [3.8, 4) is 5.75 Å². The molecular formula is C16H24N2O3. The van der Waals surface area contributed by atoms with E-state index < -0.39 is 0 Å². The van der Waals surface area contributed by atoms with Gasteiger partial charge in [0.1, 0.15) is 5.75 Å². The van der Waals surface area contributed by atoms with Crippen molar-refractivity contribution in [1.82, 2.24) is 4.90 Å².